The third-order valence-electron chi connectivity index (χ3n) is 4.82. The molecule has 0 aromatic heterocycles. The van der Waals surface area contributed by atoms with Crippen molar-refractivity contribution in [1.82, 2.24) is 5.32 Å². The molecule has 26 heavy (non-hydrogen) atoms. The molecule has 1 heterocycles. The Morgan fingerprint density at radius 2 is 1.92 bits per heavy atom. The molecule has 0 unspecified atom stereocenters. The fraction of sp³-hybridized carbons (Fsp3) is 0.381. The fourth-order valence-electron chi connectivity index (χ4n) is 3.57. The first-order valence-electron chi connectivity index (χ1n) is 8.79. The van der Waals surface area contributed by atoms with Gasteiger partial charge >= 0.3 is 0 Å². The summed E-state index contributed by atoms with van der Waals surface area (Å²) in [6, 6.07) is 12.9. The van der Waals surface area contributed by atoms with Gasteiger partial charge in [-0.25, -0.2) is 4.39 Å². The van der Waals surface area contributed by atoms with Crippen LogP contribution in [0.3, 0.4) is 0 Å². The molecule has 1 N–H and O–H groups in total. The summed E-state index contributed by atoms with van der Waals surface area (Å²) in [6.45, 7) is 3.57. The smallest absolute Gasteiger partial charge is 0.217 e. The molecule has 5 heteroatoms. The molecular formula is C21H24FNO3. The molecule has 1 amide bonds. The van der Waals surface area contributed by atoms with Crippen molar-refractivity contribution in [1.29, 1.82) is 0 Å². The van der Waals surface area contributed by atoms with Gasteiger partial charge in [-0.05, 0) is 48.6 Å². The van der Waals surface area contributed by atoms with Gasteiger partial charge in [0.2, 0.25) is 5.91 Å². The zero-order chi connectivity index (χ0) is 18.7. The van der Waals surface area contributed by atoms with Gasteiger partial charge in [0, 0.05) is 13.0 Å². The molecule has 1 aliphatic rings. The molecule has 2 aromatic rings. The number of hydrogen-bond acceptors (Lipinski definition) is 3. The van der Waals surface area contributed by atoms with Crippen LogP contribution in [-0.4, -0.2) is 19.1 Å². The molecule has 2 aromatic carbocycles. The second kappa shape index (κ2) is 7.87. The van der Waals surface area contributed by atoms with Gasteiger partial charge in [-0.3, -0.25) is 4.79 Å². The number of benzene rings is 2. The van der Waals surface area contributed by atoms with Crippen LogP contribution in [0.2, 0.25) is 0 Å². The van der Waals surface area contributed by atoms with Gasteiger partial charge in [-0.15, -0.1) is 0 Å². The molecule has 0 bridgehead atoms. The van der Waals surface area contributed by atoms with E-state index in [4.69, 9.17) is 9.47 Å². The molecular weight excluding hydrogens is 333 g/mol. The molecule has 0 radical (unpaired) electrons. The Kier molecular flexibility index (Phi) is 5.57. The van der Waals surface area contributed by atoms with Crippen LogP contribution in [0.15, 0.2) is 42.5 Å². The number of halogens is 1. The van der Waals surface area contributed by atoms with Gasteiger partial charge in [0.05, 0.1) is 19.3 Å². The predicted molar refractivity (Wildman–Crippen MR) is 97.5 cm³/mol. The molecule has 1 aliphatic heterocycles. The summed E-state index contributed by atoms with van der Waals surface area (Å²) in [5.41, 5.74) is 3.11. The molecule has 0 spiro atoms. The number of rotatable bonds is 4. The number of amides is 1. The van der Waals surface area contributed by atoms with Crippen LogP contribution in [0, 0.1) is 12.7 Å². The average Bonchev–Trinajstić information content (AvgIpc) is 2.61. The molecule has 138 valence electrons. The second-order valence-corrected chi connectivity index (χ2v) is 6.73. The third-order valence-corrected chi connectivity index (χ3v) is 4.82. The maximum Gasteiger partial charge on any atom is 0.217 e. The lowest BCUT2D eigenvalue weighted by Gasteiger charge is -2.37. The van der Waals surface area contributed by atoms with Gasteiger partial charge < -0.3 is 14.8 Å². The third kappa shape index (κ3) is 4.05. The summed E-state index contributed by atoms with van der Waals surface area (Å²) >= 11 is 0. The highest BCUT2D eigenvalue weighted by Gasteiger charge is 2.32. The standard InChI is InChI=1S/C21H24FNO3/c1-13-6-4-5-7-17(13)20-12-16(23-14(2)24)11-19(26-20)15-8-9-18(22)21(10-15)25-3/h4-10,16,19-20H,11-12H2,1-3H3,(H,23,24)/t16-,19-,20+/m1/s1. The van der Waals surface area contributed by atoms with Crippen molar-refractivity contribution in [2.45, 2.75) is 44.9 Å². The quantitative estimate of drug-likeness (QED) is 0.890. The van der Waals surface area contributed by atoms with E-state index in [1.54, 1.807) is 12.1 Å². The molecule has 4 nitrogen and oxygen atoms in total. The van der Waals surface area contributed by atoms with Crippen molar-refractivity contribution in [3.05, 3.63) is 65.0 Å². The normalized spacial score (nSPS) is 22.7. The zero-order valence-corrected chi connectivity index (χ0v) is 15.3. The van der Waals surface area contributed by atoms with Crippen molar-refractivity contribution in [2.24, 2.45) is 0 Å². The van der Waals surface area contributed by atoms with Crippen LogP contribution in [0.5, 0.6) is 5.75 Å². The monoisotopic (exact) mass is 357 g/mol. The van der Waals surface area contributed by atoms with Crippen molar-refractivity contribution in [2.75, 3.05) is 7.11 Å². The molecule has 3 atom stereocenters. The molecule has 0 saturated carbocycles. The predicted octanol–water partition coefficient (Wildman–Crippen LogP) is 4.24. The molecule has 1 fully saturated rings. The van der Waals surface area contributed by atoms with Crippen LogP contribution in [0.25, 0.3) is 0 Å². The van der Waals surface area contributed by atoms with Crippen molar-refractivity contribution >= 4 is 5.91 Å². The highest BCUT2D eigenvalue weighted by atomic mass is 19.1. The minimum absolute atomic E-state index is 0.00750. The van der Waals surface area contributed by atoms with Crippen molar-refractivity contribution < 1.29 is 18.7 Å². The summed E-state index contributed by atoms with van der Waals surface area (Å²) in [5, 5.41) is 3.02. The zero-order valence-electron chi connectivity index (χ0n) is 15.3. The second-order valence-electron chi connectivity index (χ2n) is 6.73. The Labute approximate surface area is 153 Å². The van der Waals surface area contributed by atoms with E-state index in [1.165, 1.54) is 20.1 Å². The highest BCUT2D eigenvalue weighted by molar-refractivity contribution is 5.73. The Bertz CT molecular complexity index is 793. The number of carbonyl (C=O) groups is 1. The van der Waals surface area contributed by atoms with E-state index in [-0.39, 0.29) is 29.9 Å². The number of hydrogen-bond donors (Lipinski definition) is 1. The van der Waals surface area contributed by atoms with E-state index in [0.717, 1.165) is 16.7 Å². The number of carbonyl (C=O) groups excluding carboxylic acids is 1. The van der Waals surface area contributed by atoms with Crippen LogP contribution >= 0.6 is 0 Å². The summed E-state index contributed by atoms with van der Waals surface area (Å²) in [4.78, 5) is 11.6. The van der Waals surface area contributed by atoms with Gasteiger partial charge in [0.15, 0.2) is 11.6 Å². The highest BCUT2D eigenvalue weighted by Crippen LogP contribution is 2.40. The summed E-state index contributed by atoms with van der Waals surface area (Å²) in [6.07, 6.45) is 0.957. The lowest BCUT2D eigenvalue weighted by atomic mass is 9.89. The van der Waals surface area contributed by atoms with Gasteiger partial charge in [0.25, 0.3) is 0 Å². The Morgan fingerprint density at radius 3 is 2.62 bits per heavy atom. The van der Waals surface area contributed by atoms with E-state index in [0.29, 0.717) is 12.8 Å². The molecule has 1 saturated heterocycles. The van der Waals surface area contributed by atoms with Gasteiger partial charge in [-0.1, -0.05) is 30.3 Å². The number of aryl methyl sites for hydroxylation is 1. The first kappa shape index (κ1) is 18.4. The summed E-state index contributed by atoms with van der Waals surface area (Å²) in [5.74, 6) is -0.267. The molecule has 3 rings (SSSR count). The van der Waals surface area contributed by atoms with Crippen LogP contribution in [0.1, 0.15) is 48.7 Å². The van der Waals surface area contributed by atoms with E-state index in [1.807, 2.05) is 12.1 Å². The largest absolute Gasteiger partial charge is 0.494 e. The molecule has 0 aliphatic carbocycles. The van der Waals surface area contributed by atoms with Crippen LogP contribution < -0.4 is 10.1 Å². The number of methoxy groups -OCH3 is 1. The van der Waals surface area contributed by atoms with Crippen LogP contribution in [0.4, 0.5) is 4.39 Å². The first-order valence-corrected chi connectivity index (χ1v) is 8.79. The minimum Gasteiger partial charge on any atom is -0.494 e. The van der Waals surface area contributed by atoms with Crippen molar-refractivity contribution in [3.63, 3.8) is 0 Å². The lowest BCUT2D eigenvalue weighted by molar-refractivity contribution is -0.122. The topological polar surface area (TPSA) is 47.6 Å². The number of nitrogens with one attached hydrogen (secondary N) is 1. The Balaban J connectivity index is 1.91. The first-order chi connectivity index (χ1) is 12.5. The summed E-state index contributed by atoms with van der Waals surface area (Å²) < 4.78 is 25.2. The van der Waals surface area contributed by atoms with Crippen LogP contribution in [-0.2, 0) is 9.53 Å². The van der Waals surface area contributed by atoms with E-state index in [9.17, 15) is 9.18 Å². The SMILES string of the molecule is COc1cc([C@H]2C[C@@H](NC(C)=O)C[C@@H](c3ccccc3C)O2)ccc1F. The van der Waals surface area contributed by atoms with E-state index < -0.39 is 5.82 Å². The average molecular weight is 357 g/mol. The minimum atomic E-state index is -0.402. The Hall–Kier alpha value is -2.40. The summed E-state index contributed by atoms with van der Waals surface area (Å²) in [7, 11) is 1.44. The van der Waals surface area contributed by atoms with Gasteiger partial charge in [-0.2, -0.15) is 0 Å². The maximum atomic E-state index is 13.8. The van der Waals surface area contributed by atoms with E-state index >= 15 is 0 Å². The van der Waals surface area contributed by atoms with Gasteiger partial charge in [0.1, 0.15) is 0 Å². The number of ether oxygens (including phenoxy) is 2. The van der Waals surface area contributed by atoms with Crippen molar-refractivity contribution in [3.8, 4) is 5.75 Å². The van der Waals surface area contributed by atoms with E-state index in [2.05, 4.69) is 24.4 Å². The fourth-order valence-corrected chi connectivity index (χ4v) is 3.57. The Morgan fingerprint density at radius 1 is 1.19 bits per heavy atom. The maximum absolute atomic E-state index is 13.8. The lowest BCUT2D eigenvalue weighted by Crippen LogP contribution is -2.39.